The lowest BCUT2D eigenvalue weighted by molar-refractivity contribution is 0.0955. The fourth-order valence-electron chi connectivity index (χ4n) is 1.83. The molecule has 1 heterocycles. The summed E-state index contributed by atoms with van der Waals surface area (Å²) in [6.45, 7) is 0.873. The van der Waals surface area contributed by atoms with E-state index in [0.29, 0.717) is 18.0 Å². The minimum Gasteiger partial charge on any atom is -0.383 e. The Labute approximate surface area is 139 Å². The molecule has 0 radical (unpaired) electrons. The van der Waals surface area contributed by atoms with Gasteiger partial charge in [0.05, 0.1) is 16.4 Å². The van der Waals surface area contributed by atoms with Crippen LogP contribution in [0.3, 0.4) is 0 Å². The van der Waals surface area contributed by atoms with E-state index in [9.17, 15) is 13.2 Å². The molecule has 2 N–H and O–H groups in total. The molecule has 0 aliphatic rings. The second-order valence-corrected chi connectivity index (χ2v) is 7.41. The molecule has 0 fully saturated rings. The second-order valence-electron chi connectivity index (χ2n) is 4.69. The third-order valence-electron chi connectivity index (χ3n) is 3.03. The van der Waals surface area contributed by atoms with Crippen molar-refractivity contribution < 1.29 is 17.9 Å². The van der Waals surface area contributed by atoms with Gasteiger partial charge in [0.25, 0.3) is 5.91 Å². The molecule has 0 aliphatic heterocycles. The molecular formula is C15H18N2O4S2. The van der Waals surface area contributed by atoms with Crippen molar-refractivity contribution in [2.75, 3.05) is 20.3 Å². The quantitative estimate of drug-likeness (QED) is 0.705. The highest BCUT2D eigenvalue weighted by atomic mass is 32.2. The largest absolute Gasteiger partial charge is 0.383 e. The Morgan fingerprint density at radius 1 is 1.22 bits per heavy atom. The summed E-state index contributed by atoms with van der Waals surface area (Å²) in [6, 6.07) is 9.96. The Balaban J connectivity index is 1.93. The molecular weight excluding hydrogens is 336 g/mol. The first kappa shape index (κ1) is 17.6. The fraction of sp³-hybridized carbons (Fsp3) is 0.267. The number of methoxy groups -OCH3 is 1. The van der Waals surface area contributed by atoms with E-state index in [2.05, 4.69) is 10.0 Å². The molecule has 2 rings (SSSR count). The number of nitrogens with one attached hydrogen (secondary N) is 2. The van der Waals surface area contributed by atoms with E-state index < -0.39 is 10.0 Å². The average molecular weight is 354 g/mol. The summed E-state index contributed by atoms with van der Waals surface area (Å²) in [4.78, 5) is 12.7. The van der Waals surface area contributed by atoms with E-state index in [4.69, 9.17) is 4.74 Å². The Bertz CT molecular complexity index is 725. The number of amides is 1. The maximum Gasteiger partial charge on any atom is 0.261 e. The van der Waals surface area contributed by atoms with Gasteiger partial charge in [0.2, 0.25) is 10.0 Å². The molecule has 1 aromatic carbocycles. The van der Waals surface area contributed by atoms with Gasteiger partial charge in [0.15, 0.2) is 0 Å². The molecule has 0 bridgehead atoms. The molecule has 6 nitrogen and oxygen atoms in total. The zero-order valence-corrected chi connectivity index (χ0v) is 14.2. The molecule has 1 amide bonds. The Hall–Kier alpha value is -1.74. The predicted molar refractivity (Wildman–Crippen MR) is 89.0 cm³/mol. The summed E-state index contributed by atoms with van der Waals surface area (Å²) in [6.07, 6.45) is 0. The number of thiophene rings is 1. The summed E-state index contributed by atoms with van der Waals surface area (Å²) in [7, 11) is -2.02. The van der Waals surface area contributed by atoms with Gasteiger partial charge in [0.1, 0.15) is 0 Å². The van der Waals surface area contributed by atoms with E-state index in [1.807, 2.05) is 11.4 Å². The van der Waals surface area contributed by atoms with Crippen LogP contribution in [0.5, 0.6) is 0 Å². The van der Waals surface area contributed by atoms with Crippen LogP contribution in [0.15, 0.2) is 46.7 Å². The van der Waals surface area contributed by atoms with Gasteiger partial charge in [-0.1, -0.05) is 18.2 Å². The van der Waals surface area contributed by atoms with Gasteiger partial charge in [-0.25, -0.2) is 13.1 Å². The normalized spacial score (nSPS) is 11.3. The molecule has 0 spiro atoms. The number of hydrogen-bond donors (Lipinski definition) is 2. The van der Waals surface area contributed by atoms with Crippen LogP contribution in [0.25, 0.3) is 0 Å². The molecule has 8 heteroatoms. The first-order valence-corrected chi connectivity index (χ1v) is 9.28. The van der Waals surface area contributed by atoms with E-state index >= 15 is 0 Å². The highest BCUT2D eigenvalue weighted by Gasteiger charge is 2.13. The molecule has 0 aliphatic carbocycles. The van der Waals surface area contributed by atoms with Crippen molar-refractivity contribution in [1.82, 2.24) is 10.0 Å². The standard InChI is InChI=1S/C15H18N2O4S2/c1-21-9-8-17-23(19,20)13-6-4-12(5-7-13)11-16-15(18)14-3-2-10-22-14/h2-7,10,17H,8-9,11H2,1H3,(H,16,18). The Morgan fingerprint density at radius 2 is 1.96 bits per heavy atom. The summed E-state index contributed by atoms with van der Waals surface area (Å²) < 4.78 is 31.3. The summed E-state index contributed by atoms with van der Waals surface area (Å²) in [5.74, 6) is -0.141. The topological polar surface area (TPSA) is 84.5 Å². The van der Waals surface area contributed by atoms with Gasteiger partial charge in [-0.15, -0.1) is 11.3 Å². The van der Waals surface area contributed by atoms with E-state index in [1.165, 1.54) is 30.6 Å². The molecule has 23 heavy (non-hydrogen) atoms. The number of carbonyl (C=O) groups excluding carboxylic acids is 1. The van der Waals surface area contributed by atoms with Crippen molar-refractivity contribution in [3.63, 3.8) is 0 Å². The summed E-state index contributed by atoms with van der Waals surface area (Å²) in [5.41, 5.74) is 0.825. The molecule has 0 atom stereocenters. The number of carbonyl (C=O) groups is 1. The average Bonchev–Trinajstić information content (AvgIpc) is 3.08. The van der Waals surface area contributed by atoms with Gasteiger partial charge < -0.3 is 10.1 Å². The minimum absolute atomic E-state index is 0.141. The van der Waals surface area contributed by atoms with Gasteiger partial charge in [-0.2, -0.15) is 0 Å². The third-order valence-corrected chi connectivity index (χ3v) is 5.38. The smallest absolute Gasteiger partial charge is 0.261 e. The van der Waals surface area contributed by atoms with Gasteiger partial charge in [-0.05, 0) is 29.1 Å². The molecule has 0 saturated carbocycles. The van der Waals surface area contributed by atoms with Crippen LogP contribution in [0, 0.1) is 0 Å². The zero-order chi connectivity index (χ0) is 16.7. The van der Waals surface area contributed by atoms with Crippen LogP contribution >= 0.6 is 11.3 Å². The van der Waals surface area contributed by atoms with Gasteiger partial charge >= 0.3 is 0 Å². The van der Waals surface area contributed by atoms with Crippen LogP contribution in [0.2, 0.25) is 0 Å². The molecule has 0 saturated heterocycles. The number of ether oxygens (including phenoxy) is 1. The summed E-state index contributed by atoms with van der Waals surface area (Å²) in [5, 5.41) is 4.63. The van der Waals surface area contributed by atoms with Crippen molar-refractivity contribution in [2.45, 2.75) is 11.4 Å². The number of rotatable bonds is 8. The lowest BCUT2D eigenvalue weighted by Crippen LogP contribution is -2.27. The van der Waals surface area contributed by atoms with Crippen molar-refractivity contribution in [2.24, 2.45) is 0 Å². The highest BCUT2D eigenvalue weighted by Crippen LogP contribution is 2.11. The van der Waals surface area contributed by atoms with Crippen molar-refractivity contribution >= 4 is 27.3 Å². The van der Waals surface area contributed by atoms with Crippen LogP contribution in [-0.2, 0) is 21.3 Å². The zero-order valence-electron chi connectivity index (χ0n) is 12.6. The van der Waals surface area contributed by atoms with Crippen molar-refractivity contribution in [3.8, 4) is 0 Å². The van der Waals surface area contributed by atoms with Crippen LogP contribution in [0.4, 0.5) is 0 Å². The molecule has 2 aromatic rings. The fourth-order valence-corrected chi connectivity index (χ4v) is 3.48. The Kier molecular flexibility index (Phi) is 6.28. The van der Waals surface area contributed by atoms with Crippen LogP contribution in [-0.4, -0.2) is 34.6 Å². The maximum atomic E-state index is 12.0. The highest BCUT2D eigenvalue weighted by molar-refractivity contribution is 7.89. The van der Waals surface area contributed by atoms with Crippen LogP contribution in [0.1, 0.15) is 15.2 Å². The van der Waals surface area contributed by atoms with Crippen LogP contribution < -0.4 is 10.0 Å². The monoisotopic (exact) mass is 354 g/mol. The summed E-state index contributed by atoms with van der Waals surface area (Å²) >= 11 is 1.37. The third kappa shape index (κ3) is 5.14. The molecule has 124 valence electrons. The molecule has 0 unspecified atom stereocenters. The predicted octanol–water partition coefficient (Wildman–Crippen LogP) is 1.60. The number of benzene rings is 1. The van der Waals surface area contributed by atoms with E-state index in [1.54, 1.807) is 18.2 Å². The van der Waals surface area contributed by atoms with Gasteiger partial charge in [-0.3, -0.25) is 4.79 Å². The second kappa shape index (κ2) is 8.21. The lowest BCUT2D eigenvalue weighted by atomic mass is 10.2. The van der Waals surface area contributed by atoms with Crippen molar-refractivity contribution in [1.29, 1.82) is 0 Å². The minimum atomic E-state index is -3.53. The molecule has 1 aromatic heterocycles. The van der Waals surface area contributed by atoms with E-state index in [-0.39, 0.29) is 17.3 Å². The number of hydrogen-bond acceptors (Lipinski definition) is 5. The SMILES string of the molecule is COCCNS(=O)(=O)c1ccc(CNC(=O)c2cccs2)cc1. The first-order chi connectivity index (χ1) is 11.0. The maximum absolute atomic E-state index is 12.0. The Morgan fingerprint density at radius 3 is 2.57 bits per heavy atom. The van der Waals surface area contributed by atoms with Gasteiger partial charge in [0, 0.05) is 20.2 Å². The lowest BCUT2D eigenvalue weighted by Gasteiger charge is -2.08. The van der Waals surface area contributed by atoms with E-state index in [0.717, 1.165) is 5.56 Å². The van der Waals surface area contributed by atoms with Crippen molar-refractivity contribution in [3.05, 3.63) is 52.2 Å². The first-order valence-electron chi connectivity index (χ1n) is 6.92. The number of sulfonamides is 1.